The van der Waals surface area contributed by atoms with Gasteiger partial charge in [0.25, 0.3) is 10.9 Å². The molecule has 34 heavy (non-hydrogen) atoms. The Morgan fingerprint density at radius 3 is 2.24 bits per heavy atom. The third-order valence-corrected chi connectivity index (χ3v) is 7.86. The van der Waals surface area contributed by atoms with E-state index in [0.717, 1.165) is 51.6 Å². The van der Waals surface area contributed by atoms with Crippen molar-refractivity contribution in [2.45, 2.75) is 38.5 Å². The first-order valence-corrected chi connectivity index (χ1v) is 12.6. The Kier molecular flexibility index (Phi) is 6.57. The minimum absolute atomic E-state index is 0.0440. The molecule has 0 unspecified atom stereocenters. The molecule has 2 heterocycles. The average Bonchev–Trinajstić information content (AvgIpc) is 3.40. The van der Waals surface area contributed by atoms with Crippen molar-refractivity contribution in [1.29, 1.82) is 0 Å². The molecule has 0 atom stereocenters. The summed E-state index contributed by atoms with van der Waals surface area (Å²) in [7, 11) is 0. The number of benzene rings is 1. The number of amides is 1. The van der Waals surface area contributed by atoms with Crippen LogP contribution >= 0.6 is 0 Å². The lowest BCUT2D eigenvalue weighted by Crippen LogP contribution is -2.51. The van der Waals surface area contributed by atoms with Gasteiger partial charge < -0.3 is 20.0 Å². The van der Waals surface area contributed by atoms with E-state index in [-0.39, 0.29) is 28.5 Å². The minimum Gasteiger partial charge on any atom is -0.380 e. The van der Waals surface area contributed by atoms with Gasteiger partial charge in [-0.15, -0.1) is 0 Å². The fourth-order valence-electron chi connectivity index (χ4n) is 5.78. The Labute approximate surface area is 199 Å². The summed E-state index contributed by atoms with van der Waals surface area (Å²) >= 11 is 0. The summed E-state index contributed by atoms with van der Waals surface area (Å²) in [5.74, 6) is 0.448. The number of hydrogen-bond acceptors (Lipinski definition) is 6. The molecule has 1 saturated carbocycles. The lowest BCUT2D eigenvalue weighted by molar-refractivity contribution is -0.137. The van der Waals surface area contributed by atoms with Gasteiger partial charge in [-0.25, -0.2) is 4.39 Å². The van der Waals surface area contributed by atoms with Crippen LogP contribution in [0.5, 0.6) is 0 Å². The quantitative estimate of drug-likeness (QED) is 0.657. The van der Waals surface area contributed by atoms with Gasteiger partial charge >= 0.3 is 0 Å². The zero-order chi connectivity index (χ0) is 23.7. The molecule has 0 bridgehead atoms. The number of carbonyl (C=O) groups excluding carboxylic acids is 1. The largest absolute Gasteiger partial charge is 0.380 e. The first kappa shape index (κ1) is 22.9. The number of anilines is 3. The molecule has 0 aromatic heterocycles. The highest BCUT2D eigenvalue weighted by Gasteiger charge is 2.32. The van der Waals surface area contributed by atoms with Crippen molar-refractivity contribution in [3.63, 3.8) is 0 Å². The number of carbonyl (C=O) groups is 1. The van der Waals surface area contributed by atoms with Crippen LogP contribution in [-0.4, -0.2) is 56.6 Å². The fourth-order valence-corrected chi connectivity index (χ4v) is 5.78. The molecule has 0 radical (unpaired) electrons. The summed E-state index contributed by atoms with van der Waals surface area (Å²) in [6.07, 6.45) is 5.70. The average molecular weight is 469 g/mol. The lowest BCUT2D eigenvalue weighted by atomic mass is 9.81. The smallest absolute Gasteiger partial charge is 0.253 e. The molecular weight excluding hydrogens is 435 g/mol. The van der Waals surface area contributed by atoms with Crippen molar-refractivity contribution in [2.75, 3.05) is 60.9 Å². The van der Waals surface area contributed by atoms with Crippen molar-refractivity contribution < 1.29 is 9.18 Å². The number of hydrogen-bond donors (Lipinski definition) is 1. The third kappa shape index (κ3) is 4.42. The summed E-state index contributed by atoms with van der Waals surface area (Å²) in [6.45, 7) is 4.91. The van der Waals surface area contributed by atoms with Crippen molar-refractivity contribution in [1.82, 2.24) is 4.90 Å². The van der Waals surface area contributed by atoms with Crippen molar-refractivity contribution in [3.8, 4) is 0 Å². The van der Waals surface area contributed by atoms with Gasteiger partial charge in [-0.1, -0.05) is 12.1 Å². The Morgan fingerprint density at radius 1 is 0.882 bits per heavy atom. The maximum Gasteiger partial charge on any atom is 0.253 e. The second kappa shape index (κ2) is 9.76. The van der Waals surface area contributed by atoms with Gasteiger partial charge in [0.15, 0.2) is 0 Å². The maximum absolute atomic E-state index is 14.1. The first-order valence-electron chi connectivity index (χ1n) is 12.6. The van der Waals surface area contributed by atoms with Crippen molar-refractivity contribution in [3.05, 3.63) is 50.5 Å². The summed E-state index contributed by atoms with van der Waals surface area (Å²) in [5, 5.41) is 3.26. The number of piperazine rings is 1. The van der Waals surface area contributed by atoms with Crippen LogP contribution in [0.1, 0.15) is 38.5 Å². The normalized spacial score (nSPS) is 23.5. The molecule has 1 N–H and O–H groups in total. The molecule has 1 aliphatic carbocycles. The third-order valence-electron chi connectivity index (χ3n) is 7.86. The van der Waals surface area contributed by atoms with Gasteiger partial charge in [0.2, 0.25) is 5.91 Å². The molecule has 0 spiro atoms. The van der Waals surface area contributed by atoms with Crippen LogP contribution in [-0.2, 0) is 4.79 Å². The predicted molar refractivity (Wildman–Crippen MR) is 132 cm³/mol. The van der Waals surface area contributed by atoms with Gasteiger partial charge in [0.1, 0.15) is 17.2 Å². The molecule has 7 nitrogen and oxygen atoms in total. The van der Waals surface area contributed by atoms with E-state index in [1.807, 2.05) is 20.8 Å². The molecule has 3 aliphatic rings. The van der Waals surface area contributed by atoms with Crippen molar-refractivity contribution >= 4 is 23.0 Å². The van der Waals surface area contributed by atoms with Gasteiger partial charge in [-0.05, 0) is 56.6 Å². The maximum atomic E-state index is 14.1. The van der Waals surface area contributed by atoms with E-state index in [1.54, 1.807) is 12.1 Å². The zero-order valence-corrected chi connectivity index (χ0v) is 19.6. The number of para-hydroxylation sites is 1. The van der Waals surface area contributed by atoms with E-state index in [4.69, 9.17) is 0 Å². The first-order chi connectivity index (χ1) is 16.5. The van der Waals surface area contributed by atoms with E-state index in [1.165, 1.54) is 6.07 Å². The molecule has 2 aromatic carbocycles. The number of rotatable bonds is 6. The van der Waals surface area contributed by atoms with Crippen LogP contribution in [0.3, 0.4) is 0 Å². The molecule has 2 aromatic rings. The van der Waals surface area contributed by atoms with E-state index >= 15 is 0 Å². The van der Waals surface area contributed by atoms with E-state index in [9.17, 15) is 18.8 Å². The van der Waals surface area contributed by atoms with E-state index in [2.05, 4.69) is 5.32 Å². The zero-order valence-electron chi connectivity index (χ0n) is 19.6. The summed E-state index contributed by atoms with van der Waals surface area (Å²) in [6, 6.07) is 6.80. The number of halogens is 1. The van der Waals surface area contributed by atoms with Crippen LogP contribution in [0.15, 0.2) is 33.9 Å². The molecule has 2 aliphatic heterocycles. The second-order valence-corrected chi connectivity index (χ2v) is 9.94. The molecular formula is C26H33FN4O3. The van der Waals surface area contributed by atoms with Crippen LogP contribution in [0.2, 0.25) is 0 Å². The molecule has 182 valence electrons. The van der Waals surface area contributed by atoms with Gasteiger partial charge in [-0.2, -0.15) is 0 Å². The van der Waals surface area contributed by atoms with Gasteiger partial charge in [-0.3, -0.25) is 14.4 Å². The molecule has 3 fully saturated rings. The standard InChI is InChI=1S/C26H33FN4O3/c27-20-5-1-2-6-21(20)29-13-15-31(16-14-29)26(34)19-9-7-18(8-10-19)17-28-22-23(25(33)24(22)32)30-11-3-4-12-30/h1-2,5-6,18-19,28H,3-4,7-17H2. The van der Waals surface area contributed by atoms with Crippen LogP contribution in [0.4, 0.5) is 21.5 Å². The SMILES string of the molecule is O=C(C1CCC(CNc2c(N3CCCC3)c(=O)c2=O)CC1)N1CCN(c2ccccc2F)CC1. The molecule has 2 saturated heterocycles. The van der Waals surface area contributed by atoms with Crippen molar-refractivity contribution in [2.24, 2.45) is 11.8 Å². The van der Waals surface area contributed by atoms with E-state index in [0.29, 0.717) is 55.7 Å². The second-order valence-electron chi connectivity index (χ2n) is 9.94. The topological polar surface area (TPSA) is 73.0 Å². The predicted octanol–water partition coefficient (Wildman–Crippen LogP) is 2.59. The molecule has 8 heteroatoms. The number of nitrogens with zero attached hydrogens (tertiary/aromatic N) is 3. The Bertz CT molecular complexity index is 1090. The van der Waals surface area contributed by atoms with Crippen LogP contribution < -0.4 is 26.0 Å². The van der Waals surface area contributed by atoms with Gasteiger partial charge in [0, 0.05) is 51.7 Å². The Morgan fingerprint density at radius 2 is 1.56 bits per heavy atom. The van der Waals surface area contributed by atoms with Crippen LogP contribution in [0, 0.1) is 17.7 Å². The minimum atomic E-state index is -0.389. The Hall–Kier alpha value is -2.90. The Balaban J connectivity index is 1.08. The number of nitrogens with one attached hydrogen (secondary N) is 1. The van der Waals surface area contributed by atoms with E-state index < -0.39 is 0 Å². The lowest BCUT2D eigenvalue weighted by Gasteiger charge is -2.39. The summed E-state index contributed by atoms with van der Waals surface area (Å²) in [4.78, 5) is 43.2. The summed E-state index contributed by atoms with van der Waals surface area (Å²) < 4.78 is 14.1. The highest BCUT2D eigenvalue weighted by Crippen LogP contribution is 2.32. The fraction of sp³-hybridized carbons (Fsp3) is 0.577. The summed E-state index contributed by atoms with van der Waals surface area (Å²) in [5.41, 5.74) is 0.949. The molecule has 5 rings (SSSR count). The highest BCUT2D eigenvalue weighted by atomic mass is 19.1. The monoisotopic (exact) mass is 468 g/mol. The highest BCUT2D eigenvalue weighted by molar-refractivity contribution is 5.79. The van der Waals surface area contributed by atoms with Gasteiger partial charge in [0.05, 0.1) is 5.69 Å². The molecule has 1 amide bonds. The van der Waals surface area contributed by atoms with Crippen LogP contribution in [0.25, 0.3) is 0 Å².